The Morgan fingerprint density at radius 1 is 1.53 bits per heavy atom. The lowest BCUT2D eigenvalue weighted by atomic mass is 9.99. The van der Waals surface area contributed by atoms with E-state index < -0.39 is 6.04 Å². The van der Waals surface area contributed by atoms with Crippen LogP contribution in [0.1, 0.15) is 33.6 Å². The zero-order valence-corrected chi connectivity index (χ0v) is 11.9. The highest BCUT2D eigenvalue weighted by Crippen LogP contribution is 2.17. The van der Waals surface area contributed by atoms with Crippen LogP contribution >= 0.6 is 12.4 Å². The van der Waals surface area contributed by atoms with Crippen molar-refractivity contribution in [2.24, 2.45) is 11.7 Å². The van der Waals surface area contributed by atoms with Gasteiger partial charge < -0.3 is 11.1 Å². The summed E-state index contributed by atoms with van der Waals surface area (Å²) in [6, 6.07) is -0.00192. The van der Waals surface area contributed by atoms with Crippen molar-refractivity contribution in [2.45, 2.75) is 45.7 Å². The molecule has 4 nitrogen and oxygen atoms in total. The first kappa shape index (κ1) is 16.7. The first-order valence-corrected chi connectivity index (χ1v) is 6.28. The van der Waals surface area contributed by atoms with Crippen molar-refractivity contribution < 1.29 is 4.79 Å². The summed E-state index contributed by atoms with van der Waals surface area (Å²) in [5.74, 6) is 0.720. The first-order valence-electron chi connectivity index (χ1n) is 6.28. The van der Waals surface area contributed by atoms with Crippen LogP contribution in [0.2, 0.25) is 0 Å². The van der Waals surface area contributed by atoms with E-state index in [9.17, 15) is 4.79 Å². The Hall–Kier alpha value is -0.320. The van der Waals surface area contributed by atoms with Gasteiger partial charge in [-0.1, -0.05) is 6.92 Å². The quantitative estimate of drug-likeness (QED) is 0.795. The number of halogens is 1. The normalized spacial score (nSPS) is 24.6. The largest absolute Gasteiger partial charge is 0.353 e. The van der Waals surface area contributed by atoms with Gasteiger partial charge in [-0.15, -0.1) is 12.4 Å². The highest BCUT2D eigenvalue weighted by molar-refractivity contribution is 5.85. The van der Waals surface area contributed by atoms with Gasteiger partial charge in [0.2, 0.25) is 5.91 Å². The standard InChI is InChI=1S/C12H25N3O.ClH/c1-9-5-4-6-15(8-9)10(2)7-14-12(16)11(3)13;/h9-11H,4-8,13H2,1-3H3,(H,14,16);1H. The molecule has 1 aliphatic rings. The summed E-state index contributed by atoms with van der Waals surface area (Å²) in [4.78, 5) is 13.8. The van der Waals surface area contributed by atoms with E-state index in [4.69, 9.17) is 5.73 Å². The summed E-state index contributed by atoms with van der Waals surface area (Å²) in [5.41, 5.74) is 5.50. The Labute approximate surface area is 111 Å². The number of nitrogens with one attached hydrogen (secondary N) is 1. The van der Waals surface area contributed by atoms with Gasteiger partial charge >= 0.3 is 0 Å². The van der Waals surface area contributed by atoms with E-state index in [2.05, 4.69) is 24.1 Å². The van der Waals surface area contributed by atoms with Crippen LogP contribution in [0.3, 0.4) is 0 Å². The number of carbonyl (C=O) groups excluding carboxylic acids is 1. The van der Waals surface area contributed by atoms with Gasteiger partial charge in [-0.2, -0.15) is 0 Å². The highest BCUT2D eigenvalue weighted by Gasteiger charge is 2.21. The molecule has 3 N–H and O–H groups in total. The predicted molar refractivity (Wildman–Crippen MR) is 73.3 cm³/mol. The molecule has 0 spiro atoms. The highest BCUT2D eigenvalue weighted by atomic mass is 35.5. The lowest BCUT2D eigenvalue weighted by molar-refractivity contribution is -0.122. The molecule has 102 valence electrons. The van der Waals surface area contributed by atoms with Gasteiger partial charge in [-0.3, -0.25) is 9.69 Å². The minimum absolute atomic E-state index is 0. The molecule has 1 amide bonds. The number of piperidine rings is 1. The molecule has 3 atom stereocenters. The molecule has 0 bridgehead atoms. The number of amides is 1. The maximum absolute atomic E-state index is 11.3. The van der Waals surface area contributed by atoms with Crippen molar-refractivity contribution in [3.05, 3.63) is 0 Å². The molecule has 3 unspecified atom stereocenters. The molecule has 1 heterocycles. The SMILES string of the molecule is CC1CCCN(C(C)CNC(=O)C(C)N)C1.Cl. The molecule has 1 fully saturated rings. The van der Waals surface area contributed by atoms with Crippen molar-refractivity contribution in [2.75, 3.05) is 19.6 Å². The molecule has 0 aromatic heterocycles. The van der Waals surface area contributed by atoms with Crippen LogP contribution in [0.15, 0.2) is 0 Å². The van der Waals surface area contributed by atoms with E-state index in [0.717, 1.165) is 19.0 Å². The fourth-order valence-corrected chi connectivity index (χ4v) is 2.16. The third-order valence-corrected chi connectivity index (χ3v) is 3.30. The summed E-state index contributed by atoms with van der Waals surface area (Å²) in [7, 11) is 0. The lowest BCUT2D eigenvalue weighted by Gasteiger charge is -2.35. The number of hydrogen-bond donors (Lipinski definition) is 2. The van der Waals surface area contributed by atoms with Crippen LogP contribution in [0.4, 0.5) is 0 Å². The topological polar surface area (TPSA) is 58.4 Å². The van der Waals surface area contributed by atoms with E-state index in [-0.39, 0.29) is 18.3 Å². The number of carbonyl (C=O) groups is 1. The maximum atomic E-state index is 11.3. The second kappa shape index (κ2) is 7.90. The number of rotatable bonds is 4. The number of likely N-dealkylation sites (tertiary alicyclic amines) is 1. The van der Waals surface area contributed by atoms with Crippen LogP contribution in [0, 0.1) is 5.92 Å². The van der Waals surface area contributed by atoms with Gasteiger partial charge in [0.25, 0.3) is 0 Å². The van der Waals surface area contributed by atoms with E-state index >= 15 is 0 Å². The number of hydrogen-bond acceptors (Lipinski definition) is 3. The molecule has 0 aromatic rings. The van der Waals surface area contributed by atoms with E-state index in [1.165, 1.54) is 12.8 Å². The Balaban J connectivity index is 0.00000256. The van der Waals surface area contributed by atoms with Gasteiger partial charge in [0.1, 0.15) is 0 Å². The summed E-state index contributed by atoms with van der Waals surface area (Å²) in [6.07, 6.45) is 2.60. The number of nitrogens with two attached hydrogens (primary N) is 1. The zero-order chi connectivity index (χ0) is 12.1. The Morgan fingerprint density at radius 2 is 2.18 bits per heavy atom. The van der Waals surface area contributed by atoms with Gasteiger partial charge in [-0.05, 0) is 39.2 Å². The average Bonchev–Trinajstić information content (AvgIpc) is 2.25. The van der Waals surface area contributed by atoms with Crippen molar-refractivity contribution in [3.63, 3.8) is 0 Å². The van der Waals surface area contributed by atoms with Crippen molar-refractivity contribution in [1.82, 2.24) is 10.2 Å². The monoisotopic (exact) mass is 263 g/mol. The lowest BCUT2D eigenvalue weighted by Crippen LogP contribution is -2.48. The molecular formula is C12H26ClN3O. The predicted octanol–water partition coefficient (Wildman–Crippen LogP) is 0.992. The third-order valence-electron chi connectivity index (χ3n) is 3.30. The van der Waals surface area contributed by atoms with Crippen LogP contribution < -0.4 is 11.1 Å². The number of nitrogens with zero attached hydrogens (tertiary/aromatic N) is 1. The Bertz CT molecular complexity index is 236. The summed E-state index contributed by atoms with van der Waals surface area (Å²) in [5, 5.41) is 2.89. The van der Waals surface area contributed by atoms with Crippen molar-refractivity contribution in [1.29, 1.82) is 0 Å². The molecule has 17 heavy (non-hydrogen) atoms. The average molecular weight is 264 g/mol. The molecule has 1 rings (SSSR count). The fraction of sp³-hybridized carbons (Fsp3) is 0.917. The van der Waals surface area contributed by atoms with E-state index in [1.54, 1.807) is 6.92 Å². The molecule has 0 radical (unpaired) electrons. The van der Waals surface area contributed by atoms with Crippen molar-refractivity contribution in [3.8, 4) is 0 Å². The minimum atomic E-state index is -0.410. The molecule has 1 saturated heterocycles. The Kier molecular flexibility index (Phi) is 7.75. The third kappa shape index (κ3) is 5.70. The molecule has 5 heteroatoms. The minimum Gasteiger partial charge on any atom is -0.353 e. The smallest absolute Gasteiger partial charge is 0.236 e. The molecule has 1 aliphatic heterocycles. The summed E-state index contributed by atoms with van der Waals surface area (Å²) in [6.45, 7) is 9.17. The maximum Gasteiger partial charge on any atom is 0.236 e. The van der Waals surface area contributed by atoms with Crippen molar-refractivity contribution >= 4 is 18.3 Å². The van der Waals surface area contributed by atoms with Crippen LogP contribution in [0.25, 0.3) is 0 Å². The second-order valence-corrected chi connectivity index (χ2v) is 5.13. The van der Waals surface area contributed by atoms with Crippen LogP contribution in [-0.2, 0) is 4.79 Å². The van der Waals surface area contributed by atoms with Gasteiger partial charge in [-0.25, -0.2) is 0 Å². The molecule has 0 saturated carbocycles. The first-order chi connectivity index (χ1) is 7.50. The van der Waals surface area contributed by atoms with Gasteiger partial charge in [0, 0.05) is 19.1 Å². The van der Waals surface area contributed by atoms with Crippen LogP contribution in [-0.4, -0.2) is 42.5 Å². The van der Waals surface area contributed by atoms with E-state index in [0.29, 0.717) is 12.6 Å². The summed E-state index contributed by atoms with van der Waals surface area (Å²) >= 11 is 0. The fourth-order valence-electron chi connectivity index (χ4n) is 2.16. The zero-order valence-electron chi connectivity index (χ0n) is 11.1. The van der Waals surface area contributed by atoms with Gasteiger partial charge in [0.05, 0.1) is 6.04 Å². The molecular weight excluding hydrogens is 238 g/mol. The summed E-state index contributed by atoms with van der Waals surface area (Å²) < 4.78 is 0. The molecule has 0 aromatic carbocycles. The molecule has 0 aliphatic carbocycles. The van der Waals surface area contributed by atoms with Crippen LogP contribution in [0.5, 0.6) is 0 Å². The second-order valence-electron chi connectivity index (χ2n) is 5.13. The Morgan fingerprint density at radius 3 is 2.71 bits per heavy atom. The van der Waals surface area contributed by atoms with E-state index in [1.807, 2.05) is 0 Å². The van der Waals surface area contributed by atoms with Gasteiger partial charge in [0.15, 0.2) is 0 Å².